The van der Waals surface area contributed by atoms with Crippen molar-refractivity contribution in [3.63, 3.8) is 0 Å². The summed E-state index contributed by atoms with van der Waals surface area (Å²) in [5, 5.41) is 0. The quantitative estimate of drug-likeness (QED) is 0.885. The van der Waals surface area contributed by atoms with Gasteiger partial charge >= 0.3 is 0 Å². The van der Waals surface area contributed by atoms with Gasteiger partial charge in [-0.05, 0) is 25.1 Å². The van der Waals surface area contributed by atoms with E-state index in [-0.39, 0.29) is 0 Å². The third kappa shape index (κ3) is 3.56. The smallest absolute Gasteiger partial charge is 0.239 e. The molecule has 0 spiro atoms. The number of hydrogen-bond acceptors (Lipinski definition) is 5. The number of pyridine rings is 1. The van der Waals surface area contributed by atoms with Crippen molar-refractivity contribution >= 4 is 11.5 Å². The minimum Gasteiger partial charge on any atom is -0.496 e. The van der Waals surface area contributed by atoms with Gasteiger partial charge in [-0.2, -0.15) is 4.98 Å². The molecule has 0 fully saturated rings. The van der Waals surface area contributed by atoms with Crippen molar-refractivity contribution in [3.8, 4) is 11.6 Å². The van der Waals surface area contributed by atoms with E-state index in [0.717, 1.165) is 17.1 Å². The summed E-state index contributed by atoms with van der Waals surface area (Å²) in [4.78, 5) is 6.48. The summed E-state index contributed by atoms with van der Waals surface area (Å²) in [7, 11) is 3.65. The Morgan fingerprint density at radius 1 is 1.19 bits per heavy atom. The number of nitrogens with zero attached hydrogens (tertiary/aromatic N) is 2. The van der Waals surface area contributed by atoms with E-state index in [1.165, 1.54) is 0 Å². The molecule has 5 heteroatoms. The molecule has 1 aromatic heterocycles. The lowest BCUT2D eigenvalue weighted by Crippen LogP contribution is -2.18. The van der Waals surface area contributed by atoms with Crippen molar-refractivity contribution in [3.05, 3.63) is 42.0 Å². The van der Waals surface area contributed by atoms with Gasteiger partial charge in [-0.1, -0.05) is 18.2 Å². The number of para-hydroxylation sites is 1. The van der Waals surface area contributed by atoms with Gasteiger partial charge in [0.05, 0.1) is 19.4 Å². The number of anilines is 2. The lowest BCUT2D eigenvalue weighted by Gasteiger charge is -2.20. The van der Waals surface area contributed by atoms with Crippen molar-refractivity contribution in [2.24, 2.45) is 0 Å². The van der Waals surface area contributed by atoms with E-state index in [2.05, 4.69) is 4.98 Å². The van der Waals surface area contributed by atoms with Gasteiger partial charge in [0.15, 0.2) is 0 Å². The van der Waals surface area contributed by atoms with Gasteiger partial charge in [-0.15, -0.1) is 0 Å². The normalized spacial score (nSPS) is 10.2. The average Bonchev–Trinajstić information content (AvgIpc) is 2.50. The zero-order valence-electron chi connectivity index (χ0n) is 12.7. The molecule has 0 aliphatic rings. The van der Waals surface area contributed by atoms with Crippen LogP contribution in [0.5, 0.6) is 11.6 Å². The molecule has 5 nitrogen and oxygen atoms in total. The van der Waals surface area contributed by atoms with Gasteiger partial charge in [-0.25, -0.2) is 0 Å². The predicted molar refractivity (Wildman–Crippen MR) is 84.9 cm³/mol. The predicted octanol–water partition coefficient (Wildman–Crippen LogP) is 2.71. The highest BCUT2D eigenvalue weighted by atomic mass is 16.5. The van der Waals surface area contributed by atoms with Gasteiger partial charge in [0, 0.05) is 19.2 Å². The maximum Gasteiger partial charge on any atom is 0.239 e. The Hall–Kier alpha value is -2.43. The molecule has 112 valence electrons. The fraction of sp³-hybridized carbons (Fsp3) is 0.312. The van der Waals surface area contributed by atoms with Crippen LogP contribution in [0.4, 0.5) is 11.5 Å². The molecule has 0 unspecified atom stereocenters. The zero-order valence-corrected chi connectivity index (χ0v) is 12.7. The number of ether oxygens (including phenoxy) is 2. The molecule has 0 saturated carbocycles. The fourth-order valence-electron chi connectivity index (χ4n) is 2.08. The number of nitrogens with two attached hydrogens (primary N) is 1. The summed E-state index contributed by atoms with van der Waals surface area (Å²) in [6.45, 7) is 3.13. The number of hydrogen-bond donors (Lipinski definition) is 1. The summed E-state index contributed by atoms with van der Waals surface area (Å²) in [6, 6.07) is 11.6. The van der Waals surface area contributed by atoms with Crippen LogP contribution in [-0.2, 0) is 6.54 Å². The first-order valence-electron chi connectivity index (χ1n) is 6.88. The lowest BCUT2D eigenvalue weighted by atomic mass is 10.2. The Kier molecular flexibility index (Phi) is 4.87. The molecule has 0 bridgehead atoms. The van der Waals surface area contributed by atoms with Crippen molar-refractivity contribution in [1.82, 2.24) is 4.98 Å². The van der Waals surface area contributed by atoms with E-state index in [1.54, 1.807) is 7.11 Å². The Morgan fingerprint density at radius 3 is 2.67 bits per heavy atom. The summed E-state index contributed by atoms with van der Waals surface area (Å²) < 4.78 is 10.8. The first-order valence-corrected chi connectivity index (χ1v) is 6.88. The molecule has 0 aliphatic heterocycles. The van der Waals surface area contributed by atoms with Gasteiger partial charge < -0.3 is 20.1 Å². The molecule has 0 amide bonds. The van der Waals surface area contributed by atoms with Gasteiger partial charge in [0.1, 0.15) is 11.6 Å². The first kappa shape index (κ1) is 15.0. The molecular weight excluding hydrogens is 266 g/mol. The van der Waals surface area contributed by atoms with E-state index >= 15 is 0 Å². The highest BCUT2D eigenvalue weighted by Crippen LogP contribution is 2.25. The number of methoxy groups -OCH3 is 1. The molecule has 0 atom stereocenters. The van der Waals surface area contributed by atoms with E-state index < -0.39 is 0 Å². The Morgan fingerprint density at radius 2 is 1.95 bits per heavy atom. The SMILES string of the molecule is CCOc1nc(N(C)Cc2ccccc2OC)ccc1N. The first-order chi connectivity index (χ1) is 10.2. The summed E-state index contributed by atoms with van der Waals surface area (Å²) in [6.07, 6.45) is 0. The second-order valence-electron chi connectivity index (χ2n) is 4.66. The highest BCUT2D eigenvalue weighted by molar-refractivity contribution is 5.54. The maximum absolute atomic E-state index is 5.85. The molecule has 1 heterocycles. The molecule has 2 N–H and O–H groups in total. The lowest BCUT2D eigenvalue weighted by molar-refractivity contribution is 0.329. The van der Waals surface area contributed by atoms with Crippen molar-refractivity contribution in [1.29, 1.82) is 0 Å². The van der Waals surface area contributed by atoms with Crippen LogP contribution < -0.4 is 20.1 Å². The van der Waals surface area contributed by atoms with Crippen molar-refractivity contribution < 1.29 is 9.47 Å². The number of aromatic nitrogens is 1. The zero-order chi connectivity index (χ0) is 15.2. The molecule has 1 aromatic carbocycles. The van der Waals surface area contributed by atoms with E-state index in [0.29, 0.717) is 24.7 Å². The van der Waals surface area contributed by atoms with Crippen LogP contribution in [0.25, 0.3) is 0 Å². The molecule has 2 rings (SSSR count). The van der Waals surface area contributed by atoms with Crippen LogP contribution in [-0.4, -0.2) is 25.7 Å². The number of benzene rings is 1. The summed E-state index contributed by atoms with van der Waals surface area (Å²) in [5.41, 5.74) is 7.49. The Balaban J connectivity index is 2.20. The maximum atomic E-state index is 5.85. The molecule has 0 aliphatic carbocycles. The van der Waals surface area contributed by atoms with Crippen LogP contribution in [0.3, 0.4) is 0 Å². The Bertz CT molecular complexity index is 602. The molecular formula is C16H21N3O2. The minimum absolute atomic E-state index is 0.474. The topological polar surface area (TPSA) is 60.6 Å². The van der Waals surface area contributed by atoms with Crippen LogP contribution in [0.1, 0.15) is 12.5 Å². The third-order valence-corrected chi connectivity index (χ3v) is 3.15. The summed E-state index contributed by atoms with van der Waals surface area (Å²) >= 11 is 0. The van der Waals surface area contributed by atoms with Crippen LogP contribution >= 0.6 is 0 Å². The van der Waals surface area contributed by atoms with Crippen molar-refractivity contribution in [2.45, 2.75) is 13.5 Å². The second kappa shape index (κ2) is 6.83. The minimum atomic E-state index is 0.474. The van der Waals surface area contributed by atoms with E-state index in [1.807, 2.05) is 55.3 Å². The average molecular weight is 287 g/mol. The van der Waals surface area contributed by atoms with Crippen LogP contribution in [0, 0.1) is 0 Å². The van der Waals surface area contributed by atoms with Gasteiger partial charge in [-0.3, -0.25) is 0 Å². The van der Waals surface area contributed by atoms with Gasteiger partial charge in [0.2, 0.25) is 5.88 Å². The molecule has 0 radical (unpaired) electrons. The van der Waals surface area contributed by atoms with Crippen LogP contribution in [0.15, 0.2) is 36.4 Å². The third-order valence-electron chi connectivity index (χ3n) is 3.15. The van der Waals surface area contributed by atoms with E-state index in [4.69, 9.17) is 15.2 Å². The van der Waals surface area contributed by atoms with E-state index in [9.17, 15) is 0 Å². The number of rotatable bonds is 6. The molecule has 21 heavy (non-hydrogen) atoms. The van der Waals surface area contributed by atoms with Crippen molar-refractivity contribution in [2.75, 3.05) is 31.4 Å². The second-order valence-corrected chi connectivity index (χ2v) is 4.66. The number of nitrogen functional groups attached to an aromatic ring is 1. The Labute approximate surface area is 125 Å². The monoisotopic (exact) mass is 287 g/mol. The van der Waals surface area contributed by atoms with Gasteiger partial charge in [0.25, 0.3) is 0 Å². The largest absolute Gasteiger partial charge is 0.496 e. The summed E-state index contributed by atoms with van der Waals surface area (Å²) in [5.74, 6) is 2.14. The molecule has 0 saturated heterocycles. The molecule has 2 aromatic rings. The highest BCUT2D eigenvalue weighted by Gasteiger charge is 2.10. The standard InChI is InChI=1S/C16H21N3O2/c1-4-21-16-13(17)9-10-15(18-16)19(2)11-12-7-5-6-8-14(12)20-3/h5-10H,4,11,17H2,1-3H3. The fourth-order valence-corrected chi connectivity index (χ4v) is 2.08. The van der Waals surface area contributed by atoms with Crippen LogP contribution in [0.2, 0.25) is 0 Å².